The highest BCUT2D eigenvalue weighted by Gasteiger charge is 2.72. The maximum absolute atomic E-state index is 14.5. The molecule has 6 nitrogen and oxygen atoms in total. The predicted octanol–water partition coefficient (Wildman–Crippen LogP) is 5.84. The van der Waals surface area contributed by atoms with Crippen LogP contribution in [0.3, 0.4) is 0 Å². The smallest absolute Gasteiger partial charge is 0.208 e. The molecule has 2 unspecified atom stereocenters. The highest BCUT2D eigenvalue weighted by Crippen LogP contribution is 2.75. The molecule has 4 fully saturated rings. The Kier molecular flexibility index (Phi) is 6.32. The summed E-state index contributed by atoms with van der Waals surface area (Å²) in [4.78, 5) is 27.8. The Morgan fingerprint density at radius 2 is 1.59 bits per heavy atom. The van der Waals surface area contributed by atoms with Crippen LogP contribution >= 0.6 is 0 Å². The molecule has 0 bridgehead atoms. The van der Waals surface area contributed by atoms with Crippen molar-refractivity contribution in [1.29, 1.82) is 5.26 Å². The van der Waals surface area contributed by atoms with Gasteiger partial charge in [0.2, 0.25) is 10.0 Å². The summed E-state index contributed by atoms with van der Waals surface area (Å²) in [7, 11) is -3.34. The third-order valence-corrected chi connectivity index (χ3v) is 14.0. The molecule has 1 N–H and O–H groups in total. The van der Waals surface area contributed by atoms with Crippen LogP contribution in [0.4, 0.5) is 0 Å². The standard InChI is InChI=1S/C32H48N2O4S/c1-27(2)11-13-32(19-34-39(8,37)38)14-12-31(7)25(21(32)17-27)22(35)15-24-29(5)16-20(18-33)26(36)28(3,4)23(29)9-10-30(24,31)6/h16,21,23-25,34H,9-15,17,19H2,1-8H3/t21-,23?,24?,25-,29-,30+,31+,32+/m0/s1. The van der Waals surface area contributed by atoms with Crippen LogP contribution in [-0.2, 0) is 19.6 Å². The molecule has 5 aliphatic rings. The van der Waals surface area contributed by atoms with E-state index < -0.39 is 20.9 Å². The molecular weight excluding hydrogens is 508 g/mol. The van der Waals surface area contributed by atoms with Gasteiger partial charge in [0.15, 0.2) is 5.78 Å². The van der Waals surface area contributed by atoms with Gasteiger partial charge in [-0.3, -0.25) is 9.59 Å². The molecule has 216 valence electrons. The quantitative estimate of drug-likeness (QED) is 0.471. The summed E-state index contributed by atoms with van der Waals surface area (Å²) in [6.45, 7) is 16.0. The minimum absolute atomic E-state index is 0.0615. The molecule has 0 aromatic rings. The Balaban J connectivity index is 1.61. The van der Waals surface area contributed by atoms with Crippen molar-refractivity contribution in [2.45, 2.75) is 99.8 Å². The van der Waals surface area contributed by atoms with E-state index in [-0.39, 0.29) is 56.7 Å². The van der Waals surface area contributed by atoms with Crippen LogP contribution in [0.2, 0.25) is 0 Å². The lowest BCUT2D eigenvalue weighted by molar-refractivity contribution is -0.221. The Hall–Kier alpha value is -1.52. The number of nitrogens with zero attached hydrogens (tertiary/aromatic N) is 1. The molecule has 0 aromatic heterocycles. The molecule has 0 amide bonds. The number of allylic oxidation sites excluding steroid dienone is 2. The molecule has 0 aromatic carbocycles. The summed E-state index contributed by atoms with van der Waals surface area (Å²) in [6, 6.07) is 2.20. The fourth-order valence-electron chi connectivity index (χ4n) is 11.0. The number of nitrogens with one attached hydrogen (secondary N) is 1. The number of hydrogen-bond donors (Lipinski definition) is 1. The zero-order valence-electron chi connectivity index (χ0n) is 25.2. The van der Waals surface area contributed by atoms with Gasteiger partial charge in [-0.15, -0.1) is 0 Å². The zero-order chi connectivity index (χ0) is 29.0. The van der Waals surface area contributed by atoms with Crippen molar-refractivity contribution < 1.29 is 18.0 Å². The van der Waals surface area contributed by atoms with Gasteiger partial charge in [-0.05, 0) is 89.8 Å². The second-order valence-electron chi connectivity index (χ2n) is 16.1. The highest BCUT2D eigenvalue weighted by atomic mass is 32.2. The molecule has 4 saturated carbocycles. The summed E-state index contributed by atoms with van der Waals surface area (Å²) >= 11 is 0. The maximum Gasteiger partial charge on any atom is 0.208 e. The fourth-order valence-corrected chi connectivity index (χ4v) is 11.5. The molecule has 0 aliphatic heterocycles. The molecule has 0 heterocycles. The number of ketones is 2. The van der Waals surface area contributed by atoms with Crippen LogP contribution in [0.15, 0.2) is 11.6 Å². The topological polar surface area (TPSA) is 104 Å². The molecular formula is C32H48N2O4S. The first-order chi connectivity index (χ1) is 17.8. The Morgan fingerprint density at radius 3 is 2.21 bits per heavy atom. The van der Waals surface area contributed by atoms with E-state index in [0.29, 0.717) is 18.7 Å². The van der Waals surface area contributed by atoms with Gasteiger partial charge in [-0.1, -0.05) is 54.5 Å². The van der Waals surface area contributed by atoms with E-state index in [2.05, 4.69) is 45.4 Å². The van der Waals surface area contributed by atoms with Crippen LogP contribution < -0.4 is 4.72 Å². The van der Waals surface area contributed by atoms with Crippen LogP contribution in [-0.4, -0.2) is 32.8 Å². The number of carbonyl (C=O) groups is 2. The second kappa shape index (κ2) is 8.51. The van der Waals surface area contributed by atoms with Crippen molar-refractivity contribution in [3.63, 3.8) is 0 Å². The van der Waals surface area contributed by atoms with E-state index in [1.807, 2.05) is 19.9 Å². The summed E-state index contributed by atoms with van der Waals surface area (Å²) in [5, 5.41) is 9.91. The average Bonchev–Trinajstić information content (AvgIpc) is 2.81. The molecule has 5 aliphatic carbocycles. The van der Waals surface area contributed by atoms with Gasteiger partial charge in [0.05, 0.1) is 11.8 Å². The van der Waals surface area contributed by atoms with E-state index in [4.69, 9.17) is 0 Å². The van der Waals surface area contributed by atoms with Gasteiger partial charge in [-0.25, -0.2) is 13.1 Å². The van der Waals surface area contributed by atoms with Crippen molar-refractivity contribution in [2.24, 2.45) is 56.2 Å². The van der Waals surface area contributed by atoms with Crippen LogP contribution in [0, 0.1) is 67.5 Å². The zero-order valence-corrected chi connectivity index (χ0v) is 26.1. The first-order valence-corrected chi connectivity index (χ1v) is 16.8. The summed E-state index contributed by atoms with van der Waals surface area (Å²) in [6.07, 6.45) is 10.3. The number of nitriles is 1. The Labute approximate surface area is 235 Å². The average molecular weight is 557 g/mol. The Bertz CT molecular complexity index is 1290. The lowest BCUT2D eigenvalue weighted by atomic mass is 9.31. The molecule has 8 atom stereocenters. The third kappa shape index (κ3) is 3.97. The van der Waals surface area contributed by atoms with Gasteiger partial charge in [0.1, 0.15) is 11.9 Å². The van der Waals surface area contributed by atoms with Gasteiger partial charge in [0, 0.05) is 24.3 Å². The maximum atomic E-state index is 14.5. The highest BCUT2D eigenvalue weighted by molar-refractivity contribution is 7.88. The van der Waals surface area contributed by atoms with Crippen LogP contribution in [0.25, 0.3) is 0 Å². The minimum atomic E-state index is -3.34. The first-order valence-electron chi connectivity index (χ1n) is 14.9. The van der Waals surface area contributed by atoms with Gasteiger partial charge in [0.25, 0.3) is 0 Å². The van der Waals surface area contributed by atoms with Crippen molar-refractivity contribution in [3.05, 3.63) is 11.6 Å². The number of hydrogen-bond acceptors (Lipinski definition) is 5. The minimum Gasteiger partial charge on any atom is -0.299 e. The molecule has 0 saturated heterocycles. The largest absolute Gasteiger partial charge is 0.299 e. The van der Waals surface area contributed by atoms with Crippen LogP contribution in [0.5, 0.6) is 0 Å². The predicted molar refractivity (Wildman–Crippen MR) is 152 cm³/mol. The number of sulfonamides is 1. The van der Waals surface area contributed by atoms with Gasteiger partial charge < -0.3 is 0 Å². The second-order valence-corrected chi connectivity index (χ2v) is 18.0. The van der Waals surface area contributed by atoms with E-state index in [0.717, 1.165) is 44.9 Å². The van der Waals surface area contributed by atoms with Gasteiger partial charge >= 0.3 is 0 Å². The number of rotatable bonds is 3. The van der Waals surface area contributed by atoms with Crippen molar-refractivity contribution in [2.75, 3.05) is 12.8 Å². The third-order valence-electron chi connectivity index (χ3n) is 13.3. The van der Waals surface area contributed by atoms with Crippen molar-refractivity contribution in [3.8, 4) is 6.07 Å². The summed E-state index contributed by atoms with van der Waals surface area (Å²) in [5.74, 6) is 0.440. The van der Waals surface area contributed by atoms with E-state index in [1.165, 1.54) is 6.26 Å². The first kappa shape index (κ1) is 29.0. The van der Waals surface area contributed by atoms with E-state index in [1.54, 1.807) is 0 Å². The van der Waals surface area contributed by atoms with Crippen LogP contribution in [0.1, 0.15) is 99.8 Å². The number of carbonyl (C=O) groups excluding carboxylic acids is 2. The number of fused-ring (bicyclic) bond motifs is 7. The summed E-state index contributed by atoms with van der Waals surface area (Å²) < 4.78 is 27.2. The SMILES string of the molecule is CC1(C)CC[C@]2(CNS(C)(=O)=O)CC[C@]3(C)[C@H](C(=O)CC4[C@@]5(C)C=C(C#N)C(=O)C(C)(C)C5CC[C@]43C)[C@@H]2C1. The molecule has 39 heavy (non-hydrogen) atoms. The molecule has 7 heteroatoms. The molecule has 0 radical (unpaired) electrons. The summed E-state index contributed by atoms with van der Waals surface area (Å²) in [5.41, 5.74) is -1.22. The number of Topliss-reactive ketones (excluding diaryl/α,β-unsaturated/α-hetero) is 2. The van der Waals surface area contributed by atoms with Crippen molar-refractivity contribution >= 4 is 21.6 Å². The lowest BCUT2D eigenvalue weighted by Gasteiger charge is -2.72. The normalized spacial score (nSPS) is 46.6. The fraction of sp³-hybridized carbons (Fsp3) is 0.844. The Morgan fingerprint density at radius 1 is 0.949 bits per heavy atom. The molecule has 5 rings (SSSR count). The van der Waals surface area contributed by atoms with E-state index in [9.17, 15) is 23.3 Å². The lowest BCUT2D eigenvalue weighted by Crippen LogP contribution is -2.69. The van der Waals surface area contributed by atoms with Crippen molar-refractivity contribution in [1.82, 2.24) is 4.72 Å². The van der Waals surface area contributed by atoms with E-state index >= 15 is 0 Å². The van der Waals surface area contributed by atoms with Gasteiger partial charge in [-0.2, -0.15) is 5.26 Å². The molecule has 0 spiro atoms. The monoisotopic (exact) mass is 556 g/mol.